The summed E-state index contributed by atoms with van der Waals surface area (Å²) in [5.74, 6) is 1.05. The van der Waals surface area contributed by atoms with Crippen LogP contribution in [0.25, 0.3) is 0 Å². The van der Waals surface area contributed by atoms with Gasteiger partial charge in [-0.3, -0.25) is 9.59 Å². The van der Waals surface area contributed by atoms with E-state index in [9.17, 15) is 9.59 Å². The molecule has 0 saturated carbocycles. The van der Waals surface area contributed by atoms with Gasteiger partial charge in [-0.15, -0.1) is 0 Å². The van der Waals surface area contributed by atoms with Gasteiger partial charge in [-0.05, 0) is 36.2 Å². The van der Waals surface area contributed by atoms with Crippen LogP contribution in [-0.4, -0.2) is 35.6 Å². The first-order chi connectivity index (χ1) is 12.1. The number of ether oxygens (including phenoxy) is 1. The van der Waals surface area contributed by atoms with E-state index < -0.39 is 0 Å². The number of carbonyl (C=O) groups excluding carboxylic acids is 2. The standard InChI is InChI=1S/C20H21NO3S/c1-15(22)24-18-9-7-17(8-10-18)20(23)21-12-11-19(25-14-13-21)16-5-3-2-4-6-16/h2-10,19H,11-14H2,1H3. The normalized spacial score (nSPS) is 17.6. The van der Waals surface area contributed by atoms with Crippen molar-refractivity contribution in [2.75, 3.05) is 18.8 Å². The molecular weight excluding hydrogens is 334 g/mol. The molecule has 5 heteroatoms. The molecule has 3 rings (SSSR count). The van der Waals surface area contributed by atoms with Crippen LogP contribution < -0.4 is 4.74 Å². The minimum absolute atomic E-state index is 0.0312. The lowest BCUT2D eigenvalue weighted by Crippen LogP contribution is -2.32. The van der Waals surface area contributed by atoms with Gasteiger partial charge in [-0.2, -0.15) is 11.8 Å². The van der Waals surface area contributed by atoms with Gasteiger partial charge in [0, 0.05) is 36.6 Å². The van der Waals surface area contributed by atoms with Crippen LogP contribution in [0.1, 0.15) is 34.5 Å². The molecule has 1 saturated heterocycles. The molecule has 1 heterocycles. The Bertz CT molecular complexity index is 730. The Labute approximate surface area is 152 Å². The third kappa shape index (κ3) is 4.63. The molecule has 0 spiro atoms. The summed E-state index contributed by atoms with van der Waals surface area (Å²) >= 11 is 1.91. The number of benzene rings is 2. The molecule has 0 radical (unpaired) electrons. The third-order valence-corrected chi connectivity index (χ3v) is 5.49. The topological polar surface area (TPSA) is 46.6 Å². The summed E-state index contributed by atoms with van der Waals surface area (Å²) in [6.07, 6.45) is 0.950. The van der Waals surface area contributed by atoms with E-state index >= 15 is 0 Å². The van der Waals surface area contributed by atoms with Gasteiger partial charge >= 0.3 is 5.97 Å². The van der Waals surface area contributed by atoms with E-state index in [0.717, 1.165) is 25.3 Å². The fraction of sp³-hybridized carbons (Fsp3) is 0.300. The maximum absolute atomic E-state index is 12.7. The molecule has 1 unspecified atom stereocenters. The van der Waals surface area contributed by atoms with E-state index in [1.54, 1.807) is 24.3 Å². The van der Waals surface area contributed by atoms with Crippen molar-refractivity contribution in [2.24, 2.45) is 0 Å². The van der Waals surface area contributed by atoms with E-state index in [4.69, 9.17) is 4.74 Å². The van der Waals surface area contributed by atoms with Gasteiger partial charge in [0.05, 0.1) is 0 Å². The molecule has 2 aromatic rings. The number of thioether (sulfide) groups is 1. The van der Waals surface area contributed by atoms with Crippen LogP contribution >= 0.6 is 11.8 Å². The average Bonchev–Trinajstić information content (AvgIpc) is 2.88. The monoisotopic (exact) mass is 355 g/mol. The summed E-state index contributed by atoms with van der Waals surface area (Å²) in [6, 6.07) is 17.2. The highest BCUT2D eigenvalue weighted by Crippen LogP contribution is 2.34. The Hall–Kier alpha value is -2.27. The van der Waals surface area contributed by atoms with Crippen molar-refractivity contribution in [1.29, 1.82) is 0 Å². The van der Waals surface area contributed by atoms with Crippen LogP contribution in [0.3, 0.4) is 0 Å². The SMILES string of the molecule is CC(=O)Oc1ccc(C(=O)N2CCSC(c3ccccc3)CC2)cc1. The number of hydrogen-bond donors (Lipinski definition) is 0. The van der Waals surface area contributed by atoms with Gasteiger partial charge < -0.3 is 9.64 Å². The highest BCUT2D eigenvalue weighted by Gasteiger charge is 2.22. The summed E-state index contributed by atoms with van der Waals surface area (Å²) in [5.41, 5.74) is 1.95. The van der Waals surface area contributed by atoms with Gasteiger partial charge in [0.15, 0.2) is 0 Å². The van der Waals surface area contributed by atoms with Crippen LogP contribution in [0.2, 0.25) is 0 Å². The molecule has 0 bridgehead atoms. The van der Waals surface area contributed by atoms with Crippen molar-refractivity contribution in [3.05, 3.63) is 65.7 Å². The van der Waals surface area contributed by atoms with Crippen molar-refractivity contribution in [3.63, 3.8) is 0 Å². The summed E-state index contributed by atoms with van der Waals surface area (Å²) < 4.78 is 5.01. The number of nitrogens with zero attached hydrogens (tertiary/aromatic N) is 1. The van der Waals surface area contributed by atoms with Gasteiger partial charge in [-0.1, -0.05) is 30.3 Å². The minimum atomic E-state index is -0.365. The molecule has 2 aromatic carbocycles. The second-order valence-corrected chi connectivity index (χ2v) is 7.28. The van der Waals surface area contributed by atoms with Crippen LogP contribution in [-0.2, 0) is 4.79 Å². The first kappa shape index (κ1) is 17.5. The van der Waals surface area contributed by atoms with Crippen molar-refractivity contribution < 1.29 is 14.3 Å². The summed E-state index contributed by atoms with van der Waals surface area (Å²) in [7, 11) is 0. The molecule has 0 aromatic heterocycles. The quantitative estimate of drug-likeness (QED) is 0.618. The maximum atomic E-state index is 12.7. The van der Waals surface area contributed by atoms with E-state index in [1.165, 1.54) is 12.5 Å². The number of esters is 1. The van der Waals surface area contributed by atoms with Crippen molar-refractivity contribution in [3.8, 4) is 5.75 Å². The number of carbonyl (C=O) groups is 2. The summed E-state index contributed by atoms with van der Waals surface area (Å²) in [6.45, 7) is 2.85. The highest BCUT2D eigenvalue weighted by molar-refractivity contribution is 7.99. The predicted molar refractivity (Wildman–Crippen MR) is 99.9 cm³/mol. The van der Waals surface area contributed by atoms with Crippen molar-refractivity contribution in [2.45, 2.75) is 18.6 Å². The average molecular weight is 355 g/mol. The molecule has 1 aliphatic heterocycles. The fourth-order valence-electron chi connectivity index (χ4n) is 2.92. The van der Waals surface area contributed by atoms with E-state index in [2.05, 4.69) is 24.3 Å². The number of amides is 1. The highest BCUT2D eigenvalue weighted by atomic mass is 32.2. The Morgan fingerprint density at radius 2 is 1.76 bits per heavy atom. The second kappa shape index (κ2) is 8.21. The lowest BCUT2D eigenvalue weighted by molar-refractivity contribution is -0.131. The lowest BCUT2D eigenvalue weighted by atomic mass is 10.1. The molecule has 1 aliphatic rings. The molecule has 1 fully saturated rings. The first-order valence-electron chi connectivity index (χ1n) is 8.38. The molecule has 4 nitrogen and oxygen atoms in total. The summed E-state index contributed by atoms with van der Waals surface area (Å²) in [5, 5.41) is 0.436. The Morgan fingerprint density at radius 3 is 2.44 bits per heavy atom. The Balaban J connectivity index is 1.64. The lowest BCUT2D eigenvalue weighted by Gasteiger charge is -2.20. The molecule has 130 valence electrons. The zero-order valence-electron chi connectivity index (χ0n) is 14.2. The Kier molecular flexibility index (Phi) is 5.76. The van der Waals surface area contributed by atoms with Crippen LogP contribution in [0.4, 0.5) is 0 Å². The first-order valence-corrected chi connectivity index (χ1v) is 9.42. The third-order valence-electron chi connectivity index (χ3n) is 4.16. The summed E-state index contributed by atoms with van der Waals surface area (Å²) in [4.78, 5) is 25.6. The second-order valence-electron chi connectivity index (χ2n) is 5.97. The largest absolute Gasteiger partial charge is 0.427 e. The number of rotatable bonds is 3. The smallest absolute Gasteiger partial charge is 0.308 e. The predicted octanol–water partition coefficient (Wildman–Crippen LogP) is 3.93. The Morgan fingerprint density at radius 1 is 1.04 bits per heavy atom. The van der Waals surface area contributed by atoms with E-state index in [0.29, 0.717) is 16.6 Å². The van der Waals surface area contributed by atoms with Crippen molar-refractivity contribution in [1.82, 2.24) is 4.90 Å². The van der Waals surface area contributed by atoms with Crippen LogP contribution in [0.15, 0.2) is 54.6 Å². The molecule has 0 N–H and O–H groups in total. The maximum Gasteiger partial charge on any atom is 0.308 e. The van der Waals surface area contributed by atoms with E-state index in [1.807, 2.05) is 22.7 Å². The zero-order valence-corrected chi connectivity index (χ0v) is 15.0. The van der Waals surface area contributed by atoms with Gasteiger partial charge in [0.25, 0.3) is 5.91 Å². The van der Waals surface area contributed by atoms with Gasteiger partial charge in [0.1, 0.15) is 5.75 Å². The molecule has 1 atom stereocenters. The van der Waals surface area contributed by atoms with Crippen molar-refractivity contribution >= 4 is 23.6 Å². The number of hydrogen-bond acceptors (Lipinski definition) is 4. The van der Waals surface area contributed by atoms with E-state index in [-0.39, 0.29) is 11.9 Å². The fourth-order valence-corrected chi connectivity index (χ4v) is 4.15. The van der Waals surface area contributed by atoms with Gasteiger partial charge in [-0.25, -0.2) is 0 Å². The molecule has 1 amide bonds. The zero-order chi connectivity index (χ0) is 17.6. The van der Waals surface area contributed by atoms with Gasteiger partial charge in [0.2, 0.25) is 0 Å². The van der Waals surface area contributed by atoms with Crippen LogP contribution in [0, 0.1) is 0 Å². The molecule has 25 heavy (non-hydrogen) atoms. The van der Waals surface area contributed by atoms with Crippen LogP contribution in [0.5, 0.6) is 5.75 Å². The minimum Gasteiger partial charge on any atom is -0.427 e. The molecule has 0 aliphatic carbocycles. The molecular formula is C20H21NO3S.